The maximum Gasteiger partial charge on any atom is 0.472 e. The van der Waals surface area contributed by atoms with Crippen molar-refractivity contribution in [2.45, 2.75) is 175 Å². The van der Waals surface area contributed by atoms with E-state index in [1.54, 1.807) is 6.08 Å². The van der Waals surface area contributed by atoms with Gasteiger partial charge in [-0.2, -0.15) is 0 Å². The van der Waals surface area contributed by atoms with Crippen LogP contribution in [0.5, 0.6) is 0 Å². The SMILES string of the molecule is CCCCC/C=C\C=C/[C@H](O)C/C=C\C/C=C/CCCC(=O)O[C@H](COC(=O)CCCCCCCCc1oc(CCCCC)c(C)c1C)COP(=O)(O)OCC[N+](C)(C)C. The zero-order valence-electron chi connectivity index (χ0n) is 38.5. The molecule has 11 nitrogen and oxygen atoms in total. The van der Waals surface area contributed by atoms with Crippen LogP contribution in [0.3, 0.4) is 0 Å². The number of esters is 2. The Morgan fingerprint density at radius 1 is 0.717 bits per heavy atom. The highest BCUT2D eigenvalue weighted by molar-refractivity contribution is 7.47. The van der Waals surface area contributed by atoms with Crippen molar-refractivity contribution in [2.75, 3.05) is 47.5 Å². The third kappa shape index (κ3) is 30.3. The lowest BCUT2D eigenvalue weighted by molar-refractivity contribution is -0.870. The van der Waals surface area contributed by atoms with E-state index in [9.17, 15) is 24.2 Å². The summed E-state index contributed by atoms with van der Waals surface area (Å²) in [5.74, 6) is 1.33. The molecule has 1 unspecified atom stereocenters. The Hall–Kier alpha value is -2.79. The molecule has 1 aromatic heterocycles. The first-order valence-corrected chi connectivity index (χ1v) is 24.3. The third-order valence-corrected chi connectivity index (χ3v) is 11.1. The van der Waals surface area contributed by atoms with Crippen LogP contribution >= 0.6 is 7.82 Å². The van der Waals surface area contributed by atoms with E-state index in [0.717, 1.165) is 62.9 Å². The lowest BCUT2D eigenvalue weighted by Crippen LogP contribution is -2.37. The summed E-state index contributed by atoms with van der Waals surface area (Å²) >= 11 is 0. The van der Waals surface area contributed by atoms with Crippen molar-refractivity contribution < 1.29 is 51.6 Å². The van der Waals surface area contributed by atoms with E-state index in [1.165, 1.54) is 49.7 Å². The number of carbonyl (C=O) groups excluding carboxylic acids is 2. The fourth-order valence-corrected chi connectivity index (χ4v) is 6.95. The summed E-state index contributed by atoms with van der Waals surface area (Å²) in [4.78, 5) is 35.5. The number of carbonyl (C=O) groups is 2. The van der Waals surface area contributed by atoms with Crippen molar-refractivity contribution in [2.24, 2.45) is 0 Å². The van der Waals surface area contributed by atoms with E-state index in [0.29, 0.717) is 43.1 Å². The van der Waals surface area contributed by atoms with Crippen LogP contribution in [0.2, 0.25) is 0 Å². The van der Waals surface area contributed by atoms with Crippen LogP contribution in [0.15, 0.2) is 53.0 Å². The average Bonchev–Trinajstić information content (AvgIpc) is 3.46. The molecular formula is C48H83NO10P+. The van der Waals surface area contributed by atoms with Gasteiger partial charge in [0.15, 0.2) is 6.10 Å². The summed E-state index contributed by atoms with van der Waals surface area (Å²) in [6.07, 6.45) is 33.1. The standard InChI is InChI=1S/C48H82NO10P/c1-8-10-12-13-15-20-26-31-43(50)32-27-21-16-14-17-24-30-36-48(52)58-44(40-57-60(53,54)56-38-37-49(5,6)7)39-55-47(51)35-29-23-19-18-22-28-34-46-42(4)41(3)45(59-46)33-25-11-9-2/h14-15,17,20-21,26-27,31,43-44,50H,8-13,16,18-19,22-25,28-30,32-40H2,1-7H3/p+1/b17-14+,20-15-,27-21-,31-26-/t43-,44+/m0/s1. The minimum absolute atomic E-state index is 0.000167. The Morgan fingerprint density at radius 2 is 1.32 bits per heavy atom. The van der Waals surface area contributed by atoms with Gasteiger partial charge in [0.1, 0.15) is 31.3 Å². The van der Waals surface area contributed by atoms with Crippen molar-refractivity contribution in [3.8, 4) is 0 Å². The summed E-state index contributed by atoms with van der Waals surface area (Å²) in [7, 11) is 1.37. The van der Waals surface area contributed by atoms with Crippen LogP contribution in [0, 0.1) is 13.8 Å². The van der Waals surface area contributed by atoms with Gasteiger partial charge in [-0.3, -0.25) is 18.6 Å². The molecule has 1 heterocycles. The molecule has 0 amide bonds. The molecule has 2 N–H and O–H groups in total. The first kappa shape index (κ1) is 55.2. The van der Waals surface area contributed by atoms with Crippen molar-refractivity contribution in [3.63, 3.8) is 0 Å². The number of aryl methyl sites for hydroxylation is 2. The van der Waals surface area contributed by atoms with E-state index in [4.69, 9.17) is 22.9 Å². The number of likely N-dealkylation sites (N-methyl/N-ethyl adjacent to an activating group) is 1. The van der Waals surface area contributed by atoms with Crippen molar-refractivity contribution in [3.05, 3.63) is 71.3 Å². The molecule has 0 saturated heterocycles. The van der Waals surface area contributed by atoms with E-state index in [1.807, 2.05) is 57.6 Å². The Morgan fingerprint density at radius 3 is 2.00 bits per heavy atom. The molecule has 0 aliphatic rings. The number of nitrogens with zero attached hydrogens (tertiary/aromatic N) is 1. The van der Waals surface area contributed by atoms with Crippen LogP contribution in [-0.2, 0) is 45.5 Å². The average molecular weight is 865 g/mol. The number of rotatable bonds is 37. The van der Waals surface area contributed by atoms with Crippen LogP contribution in [-0.4, -0.2) is 86.1 Å². The fourth-order valence-electron chi connectivity index (χ4n) is 6.21. The second-order valence-electron chi connectivity index (χ2n) is 16.9. The van der Waals surface area contributed by atoms with Crippen LogP contribution in [0.4, 0.5) is 0 Å². The highest BCUT2D eigenvalue weighted by atomic mass is 31.2. The molecule has 0 radical (unpaired) electrons. The molecule has 1 rings (SSSR count). The van der Waals surface area contributed by atoms with Gasteiger partial charge in [0, 0.05) is 25.7 Å². The van der Waals surface area contributed by atoms with Crippen molar-refractivity contribution in [1.82, 2.24) is 0 Å². The molecule has 0 aliphatic heterocycles. The highest BCUT2D eigenvalue weighted by Gasteiger charge is 2.27. The van der Waals surface area contributed by atoms with Gasteiger partial charge in [0.05, 0.1) is 33.9 Å². The molecule has 3 atom stereocenters. The molecule has 0 bridgehead atoms. The zero-order chi connectivity index (χ0) is 44.5. The number of hydrogen-bond donors (Lipinski definition) is 2. The number of quaternary nitrogens is 1. The molecule has 12 heteroatoms. The molecule has 0 saturated carbocycles. The lowest BCUT2D eigenvalue weighted by Gasteiger charge is -2.24. The largest absolute Gasteiger partial charge is 0.472 e. The Kier molecular flexibility index (Phi) is 31.1. The molecule has 60 heavy (non-hydrogen) atoms. The number of phosphoric ester groups is 1. The summed E-state index contributed by atoms with van der Waals surface area (Å²) in [6, 6.07) is 0. The molecule has 0 spiro atoms. The predicted octanol–water partition coefficient (Wildman–Crippen LogP) is 11.3. The maximum absolute atomic E-state index is 12.7. The minimum atomic E-state index is -4.42. The predicted molar refractivity (Wildman–Crippen MR) is 243 cm³/mol. The van der Waals surface area contributed by atoms with Crippen molar-refractivity contribution in [1.29, 1.82) is 0 Å². The second kappa shape index (κ2) is 33.8. The van der Waals surface area contributed by atoms with Gasteiger partial charge < -0.3 is 28.4 Å². The van der Waals surface area contributed by atoms with E-state index >= 15 is 0 Å². The summed E-state index contributed by atoms with van der Waals surface area (Å²) in [5.41, 5.74) is 2.59. The number of phosphoric acid groups is 1. The fraction of sp³-hybridized carbons (Fsp3) is 0.708. The Bertz CT molecular complexity index is 1460. The first-order chi connectivity index (χ1) is 28.7. The van der Waals surface area contributed by atoms with Crippen molar-refractivity contribution >= 4 is 19.8 Å². The number of aliphatic hydroxyl groups excluding tert-OH is 1. The Balaban J connectivity index is 2.44. The van der Waals surface area contributed by atoms with Gasteiger partial charge in [0.25, 0.3) is 0 Å². The number of ether oxygens (including phenoxy) is 2. The number of aliphatic hydroxyl groups is 1. The second-order valence-corrected chi connectivity index (χ2v) is 18.3. The van der Waals surface area contributed by atoms with E-state index < -0.39 is 38.6 Å². The summed E-state index contributed by atoms with van der Waals surface area (Å²) in [6.45, 7) is 8.47. The van der Waals surface area contributed by atoms with Crippen LogP contribution < -0.4 is 0 Å². The van der Waals surface area contributed by atoms with Crippen LogP contribution in [0.25, 0.3) is 0 Å². The van der Waals surface area contributed by atoms with Crippen LogP contribution in [0.1, 0.15) is 158 Å². The quantitative estimate of drug-likeness (QED) is 0.0166. The number of furan rings is 1. The number of hydrogen-bond acceptors (Lipinski definition) is 9. The van der Waals surface area contributed by atoms with E-state index in [-0.39, 0.29) is 26.1 Å². The van der Waals surface area contributed by atoms with Gasteiger partial charge in [-0.25, -0.2) is 4.57 Å². The number of allylic oxidation sites excluding steroid dienone is 6. The third-order valence-electron chi connectivity index (χ3n) is 10.1. The monoisotopic (exact) mass is 865 g/mol. The lowest BCUT2D eigenvalue weighted by atomic mass is 10.0. The smallest absolute Gasteiger partial charge is 0.466 e. The Labute approximate surface area is 363 Å². The van der Waals surface area contributed by atoms with E-state index in [2.05, 4.69) is 33.8 Å². The molecule has 344 valence electrons. The highest BCUT2D eigenvalue weighted by Crippen LogP contribution is 2.43. The maximum atomic E-state index is 12.7. The molecule has 0 aromatic carbocycles. The van der Waals surface area contributed by atoms with Gasteiger partial charge in [-0.1, -0.05) is 114 Å². The molecule has 0 fully saturated rings. The normalized spacial score (nSPS) is 14.5. The summed E-state index contributed by atoms with van der Waals surface area (Å²) in [5, 5.41) is 10.1. The van der Waals surface area contributed by atoms with Gasteiger partial charge in [0.2, 0.25) is 0 Å². The molecule has 1 aromatic rings. The van der Waals surface area contributed by atoms with Gasteiger partial charge in [-0.15, -0.1) is 0 Å². The summed E-state index contributed by atoms with van der Waals surface area (Å²) < 4.78 is 40.5. The van der Waals surface area contributed by atoms with Gasteiger partial charge in [-0.05, 0) is 82.8 Å². The topological polar surface area (TPSA) is 142 Å². The molecule has 0 aliphatic carbocycles. The van der Waals surface area contributed by atoms with Gasteiger partial charge >= 0.3 is 19.8 Å². The zero-order valence-corrected chi connectivity index (χ0v) is 39.4. The minimum Gasteiger partial charge on any atom is -0.466 e. The molecular weight excluding hydrogens is 781 g/mol. The number of unbranched alkanes of at least 4 members (excludes halogenated alkanes) is 11. The first-order valence-electron chi connectivity index (χ1n) is 22.8.